The molecule has 0 atom stereocenters. The second kappa shape index (κ2) is 5.05. The molecule has 0 saturated carbocycles. The first-order chi connectivity index (χ1) is 8.56. The summed E-state index contributed by atoms with van der Waals surface area (Å²) in [4.78, 5) is 15.2. The van der Waals surface area contributed by atoms with E-state index in [2.05, 4.69) is 26.2 Å². The molecule has 2 aromatic rings. The summed E-state index contributed by atoms with van der Waals surface area (Å²) in [5.74, 6) is -0.0610. The summed E-state index contributed by atoms with van der Waals surface area (Å²) in [5, 5.41) is 3.06. The molecule has 0 fully saturated rings. The Morgan fingerprint density at radius 1 is 1.28 bits per heavy atom. The molecular formula is C12H11BrN4O. The molecule has 0 bridgehead atoms. The van der Waals surface area contributed by atoms with Gasteiger partial charge in [0.2, 0.25) is 0 Å². The van der Waals surface area contributed by atoms with Crippen LogP contribution in [-0.4, -0.2) is 10.9 Å². The highest BCUT2D eigenvalue weighted by molar-refractivity contribution is 9.10. The van der Waals surface area contributed by atoms with Crippen molar-refractivity contribution < 1.29 is 4.79 Å². The van der Waals surface area contributed by atoms with E-state index in [-0.39, 0.29) is 11.3 Å². The van der Waals surface area contributed by atoms with Gasteiger partial charge in [0.05, 0.1) is 17.4 Å². The number of primary amides is 1. The van der Waals surface area contributed by atoms with Crippen molar-refractivity contribution >= 4 is 39.0 Å². The summed E-state index contributed by atoms with van der Waals surface area (Å²) >= 11 is 3.35. The summed E-state index contributed by atoms with van der Waals surface area (Å²) in [5.41, 5.74) is 12.2. The van der Waals surface area contributed by atoms with Gasteiger partial charge < -0.3 is 16.8 Å². The zero-order chi connectivity index (χ0) is 13.1. The van der Waals surface area contributed by atoms with Crippen molar-refractivity contribution in [2.45, 2.75) is 0 Å². The molecule has 0 saturated heterocycles. The fourth-order valence-electron chi connectivity index (χ4n) is 1.43. The monoisotopic (exact) mass is 306 g/mol. The first-order valence-corrected chi connectivity index (χ1v) is 5.93. The molecule has 1 aromatic heterocycles. The van der Waals surface area contributed by atoms with Gasteiger partial charge in [-0.1, -0.05) is 15.9 Å². The first kappa shape index (κ1) is 12.4. The molecule has 1 heterocycles. The number of nitrogens with one attached hydrogen (secondary N) is 1. The third-order valence-corrected chi connectivity index (χ3v) is 2.85. The second-order valence-corrected chi connectivity index (χ2v) is 4.57. The fraction of sp³-hybridized carbons (Fsp3) is 0. The van der Waals surface area contributed by atoms with Gasteiger partial charge in [0.25, 0.3) is 5.91 Å². The number of benzene rings is 1. The molecule has 92 valence electrons. The highest BCUT2D eigenvalue weighted by Crippen LogP contribution is 2.20. The molecular weight excluding hydrogens is 296 g/mol. The predicted octanol–water partition coefficient (Wildman–Crippen LogP) is 2.27. The van der Waals surface area contributed by atoms with Crippen LogP contribution < -0.4 is 16.8 Å². The summed E-state index contributed by atoms with van der Waals surface area (Å²) < 4.78 is 0.983. The molecule has 0 aliphatic heterocycles. The van der Waals surface area contributed by atoms with Crippen LogP contribution in [0.25, 0.3) is 0 Å². The van der Waals surface area contributed by atoms with E-state index in [0.29, 0.717) is 5.82 Å². The quantitative estimate of drug-likeness (QED) is 0.810. The van der Waals surface area contributed by atoms with Crippen LogP contribution in [-0.2, 0) is 0 Å². The molecule has 0 spiro atoms. The van der Waals surface area contributed by atoms with Gasteiger partial charge in [-0.15, -0.1) is 0 Å². The van der Waals surface area contributed by atoms with Gasteiger partial charge in [-0.2, -0.15) is 0 Å². The minimum absolute atomic E-state index is 0.254. The molecule has 1 amide bonds. The van der Waals surface area contributed by atoms with Gasteiger partial charge in [-0.3, -0.25) is 4.79 Å². The maximum absolute atomic E-state index is 11.2. The van der Waals surface area contributed by atoms with Crippen LogP contribution in [0.4, 0.5) is 17.2 Å². The van der Waals surface area contributed by atoms with Gasteiger partial charge in [0.1, 0.15) is 5.82 Å². The Morgan fingerprint density at radius 2 is 1.94 bits per heavy atom. The Hall–Kier alpha value is -2.08. The predicted molar refractivity (Wildman–Crippen MR) is 74.6 cm³/mol. The lowest BCUT2D eigenvalue weighted by molar-refractivity contribution is 0.100. The zero-order valence-corrected chi connectivity index (χ0v) is 10.9. The lowest BCUT2D eigenvalue weighted by atomic mass is 10.2. The molecule has 0 aliphatic rings. The van der Waals surface area contributed by atoms with E-state index in [0.717, 1.165) is 10.2 Å². The van der Waals surface area contributed by atoms with Crippen LogP contribution in [0.1, 0.15) is 10.4 Å². The Kier molecular flexibility index (Phi) is 3.47. The second-order valence-electron chi connectivity index (χ2n) is 3.65. The van der Waals surface area contributed by atoms with Crippen molar-refractivity contribution in [1.29, 1.82) is 0 Å². The number of nitrogens with zero attached hydrogens (tertiary/aromatic N) is 1. The zero-order valence-electron chi connectivity index (χ0n) is 9.35. The minimum Gasteiger partial charge on any atom is -0.397 e. The number of amides is 1. The van der Waals surface area contributed by atoms with Crippen molar-refractivity contribution in [3.63, 3.8) is 0 Å². The lowest BCUT2D eigenvalue weighted by Crippen LogP contribution is -2.14. The number of hydrogen-bond acceptors (Lipinski definition) is 4. The minimum atomic E-state index is -0.575. The van der Waals surface area contributed by atoms with Crippen LogP contribution in [0.15, 0.2) is 41.0 Å². The SMILES string of the molecule is NC(=O)c1cc(Nc2ccc(Br)cc2)ncc1N. The van der Waals surface area contributed by atoms with Crippen LogP contribution in [0.2, 0.25) is 0 Å². The molecule has 5 N–H and O–H groups in total. The number of nitrogens with two attached hydrogens (primary N) is 2. The molecule has 0 unspecified atom stereocenters. The number of carbonyl (C=O) groups is 1. The van der Waals surface area contributed by atoms with E-state index < -0.39 is 5.91 Å². The summed E-state index contributed by atoms with van der Waals surface area (Å²) in [6, 6.07) is 9.08. The Bertz CT molecular complexity index is 583. The molecule has 5 nitrogen and oxygen atoms in total. The highest BCUT2D eigenvalue weighted by Gasteiger charge is 2.07. The molecule has 18 heavy (non-hydrogen) atoms. The van der Waals surface area contributed by atoms with E-state index in [1.54, 1.807) is 0 Å². The van der Waals surface area contributed by atoms with Gasteiger partial charge in [-0.05, 0) is 30.3 Å². The van der Waals surface area contributed by atoms with Crippen molar-refractivity contribution in [1.82, 2.24) is 4.98 Å². The van der Waals surface area contributed by atoms with Crippen molar-refractivity contribution in [3.8, 4) is 0 Å². The number of hydrogen-bond donors (Lipinski definition) is 3. The Labute approximate surface area is 112 Å². The van der Waals surface area contributed by atoms with Crippen LogP contribution in [0, 0.1) is 0 Å². The van der Waals surface area contributed by atoms with Gasteiger partial charge in [0, 0.05) is 10.2 Å². The fourth-order valence-corrected chi connectivity index (χ4v) is 1.69. The third kappa shape index (κ3) is 2.78. The number of aromatic nitrogens is 1. The van der Waals surface area contributed by atoms with Gasteiger partial charge in [0.15, 0.2) is 0 Å². The lowest BCUT2D eigenvalue weighted by Gasteiger charge is -2.08. The average Bonchev–Trinajstić information content (AvgIpc) is 2.34. The standard InChI is InChI=1S/C12H11BrN4O/c13-7-1-3-8(4-2-7)17-11-5-9(12(15)18)10(14)6-16-11/h1-6H,14H2,(H2,15,18)(H,16,17). The normalized spacial score (nSPS) is 10.1. The topological polar surface area (TPSA) is 94.0 Å². The Balaban J connectivity index is 2.27. The van der Waals surface area contributed by atoms with Crippen molar-refractivity contribution in [2.24, 2.45) is 5.73 Å². The Morgan fingerprint density at radius 3 is 2.56 bits per heavy atom. The number of pyridine rings is 1. The number of nitrogen functional groups attached to an aromatic ring is 1. The van der Waals surface area contributed by atoms with Crippen LogP contribution in [0.5, 0.6) is 0 Å². The first-order valence-electron chi connectivity index (χ1n) is 5.14. The number of carbonyl (C=O) groups excluding carboxylic acids is 1. The summed E-state index contributed by atoms with van der Waals surface area (Å²) in [6.07, 6.45) is 1.40. The number of anilines is 3. The molecule has 2 rings (SSSR count). The van der Waals surface area contributed by atoms with E-state index in [1.807, 2.05) is 24.3 Å². The molecule has 6 heteroatoms. The third-order valence-electron chi connectivity index (χ3n) is 2.32. The maximum atomic E-state index is 11.2. The molecule has 0 radical (unpaired) electrons. The van der Waals surface area contributed by atoms with E-state index in [9.17, 15) is 4.79 Å². The van der Waals surface area contributed by atoms with Gasteiger partial charge in [-0.25, -0.2) is 4.98 Å². The van der Waals surface area contributed by atoms with E-state index in [1.165, 1.54) is 12.3 Å². The molecule has 1 aromatic carbocycles. The number of rotatable bonds is 3. The average molecular weight is 307 g/mol. The summed E-state index contributed by atoms with van der Waals surface area (Å²) in [6.45, 7) is 0. The van der Waals surface area contributed by atoms with E-state index >= 15 is 0 Å². The highest BCUT2D eigenvalue weighted by atomic mass is 79.9. The maximum Gasteiger partial charge on any atom is 0.250 e. The van der Waals surface area contributed by atoms with Crippen molar-refractivity contribution in [3.05, 3.63) is 46.6 Å². The van der Waals surface area contributed by atoms with Crippen LogP contribution >= 0.6 is 15.9 Å². The molecule has 0 aliphatic carbocycles. The smallest absolute Gasteiger partial charge is 0.250 e. The summed E-state index contributed by atoms with van der Waals surface area (Å²) in [7, 11) is 0. The van der Waals surface area contributed by atoms with Gasteiger partial charge >= 0.3 is 0 Å². The van der Waals surface area contributed by atoms with Crippen molar-refractivity contribution in [2.75, 3.05) is 11.1 Å². The largest absolute Gasteiger partial charge is 0.397 e. The number of halogens is 1. The van der Waals surface area contributed by atoms with Crippen LogP contribution in [0.3, 0.4) is 0 Å². The van der Waals surface area contributed by atoms with E-state index in [4.69, 9.17) is 11.5 Å².